The number of rotatable bonds is 2. The zero-order valence-electron chi connectivity index (χ0n) is 13.8. The molecular weight excluding hydrogens is 282 g/mol. The molecule has 4 saturated heterocycles. The molecule has 0 aromatic heterocycles. The van der Waals surface area contributed by atoms with E-state index in [1.807, 2.05) is 11.8 Å². The number of amides is 1. The molecule has 0 unspecified atom stereocenters. The Kier molecular flexibility index (Phi) is 3.34. The fourth-order valence-corrected chi connectivity index (χ4v) is 5.24. The highest BCUT2D eigenvalue weighted by molar-refractivity contribution is 5.78. The van der Waals surface area contributed by atoms with Crippen molar-refractivity contribution in [3.8, 4) is 0 Å². The van der Waals surface area contributed by atoms with Gasteiger partial charge in [-0.25, -0.2) is 9.78 Å². The summed E-state index contributed by atoms with van der Waals surface area (Å²) in [4.78, 5) is 26.5. The molecule has 1 saturated carbocycles. The highest BCUT2D eigenvalue weighted by atomic mass is 17.3. The number of ether oxygens (including phenoxy) is 1. The molecule has 4 heterocycles. The maximum Gasteiger partial charge on any atom is 0.225 e. The Hall–Kier alpha value is -0.650. The fraction of sp³-hybridized carbons (Fsp3) is 0.941. The summed E-state index contributed by atoms with van der Waals surface area (Å²) in [5.74, 6) is 0.717. The van der Waals surface area contributed by atoms with Crippen molar-refractivity contribution in [3.63, 3.8) is 0 Å². The predicted octanol–water partition coefficient (Wildman–Crippen LogP) is 2.84. The maximum absolute atomic E-state index is 12.7. The van der Waals surface area contributed by atoms with Gasteiger partial charge in [0, 0.05) is 25.3 Å². The molecule has 5 fully saturated rings. The first-order valence-electron chi connectivity index (χ1n) is 8.84. The minimum atomic E-state index is -0.721. The first-order valence-corrected chi connectivity index (χ1v) is 8.84. The number of carbonyl (C=O) groups is 1. The van der Waals surface area contributed by atoms with Crippen molar-refractivity contribution in [2.24, 2.45) is 17.8 Å². The third-order valence-corrected chi connectivity index (χ3v) is 6.38. The second-order valence-electron chi connectivity index (χ2n) is 7.81. The molecule has 0 radical (unpaired) electrons. The smallest absolute Gasteiger partial charge is 0.225 e. The van der Waals surface area contributed by atoms with E-state index >= 15 is 0 Å². The van der Waals surface area contributed by atoms with E-state index in [1.165, 1.54) is 6.42 Å². The average Bonchev–Trinajstić information content (AvgIpc) is 2.72. The Morgan fingerprint density at radius 2 is 2.09 bits per heavy atom. The SMILES string of the molecule is CCCN1C(=O)C[C@@H]2CC[C@@H](C)[C@@H]3CC[C@@]4(C)OO[C@@]23[C@H]1O4. The molecule has 124 valence electrons. The zero-order chi connectivity index (χ0) is 15.5. The first-order chi connectivity index (χ1) is 10.5. The molecule has 2 bridgehead atoms. The Labute approximate surface area is 132 Å². The van der Waals surface area contributed by atoms with Crippen LogP contribution in [0.25, 0.3) is 0 Å². The van der Waals surface area contributed by atoms with Crippen LogP contribution in [0.4, 0.5) is 0 Å². The van der Waals surface area contributed by atoms with Gasteiger partial charge in [0.15, 0.2) is 11.8 Å². The van der Waals surface area contributed by atoms with Crippen LogP contribution in [0.3, 0.4) is 0 Å². The summed E-state index contributed by atoms with van der Waals surface area (Å²) in [6.07, 6.45) is 5.31. The monoisotopic (exact) mass is 309 g/mol. The molecule has 0 aromatic carbocycles. The number of piperidine rings is 1. The van der Waals surface area contributed by atoms with Crippen LogP contribution in [0.2, 0.25) is 0 Å². The molecule has 5 nitrogen and oxygen atoms in total. The van der Waals surface area contributed by atoms with Gasteiger partial charge in [-0.05, 0) is 44.4 Å². The van der Waals surface area contributed by atoms with Crippen LogP contribution in [-0.2, 0) is 19.3 Å². The molecule has 0 N–H and O–H groups in total. The molecule has 1 aliphatic carbocycles. The lowest BCUT2D eigenvalue weighted by molar-refractivity contribution is -0.546. The molecule has 4 aliphatic heterocycles. The van der Waals surface area contributed by atoms with E-state index in [9.17, 15) is 4.79 Å². The molecule has 5 rings (SSSR count). The van der Waals surface area contributed by atoms with E-state index in [0.717, 1.165) is 32.2 Å². The normalized spacial score (nSPS) is 50.7. The fourth-order valence-electron chi connectivity index (χ4n) is 5.24. The number of carbonyl (C=O) groups excluding carboxylic acids is 1. The molecule has 5 heteroatoms. The van der Waals surface area contributed by atoms with E-state index in [2.05, 4.69) is 13.8 Å². The summed E-state index contributed by atoms with van der Waals surface area (Å²) < 4.78 is 6.37. The van der Waals surface area contributed by atoms with Crippen LogP contribution in [0.1, 0.15) is 59.3 Å². The van der Waals surface area contributed by atoms with Crippen LogP contribution in [0.5, 0.6) is 0 Å². The van der Waals surface area contributed by atoms with Crippen molar-refractivity contribution in [1.82, 2.24) is 4.90 Å². The predicted molar refractivity (Wildman–Crippen MR) is 79.4 cm³/mol. The zero-order valence-corrected chi connectivity index (χ0v) is 13.8. The van der Waals surface area contributed by atoms with E-state index in [4.69, 9.17) is 14.5 Å². The lowest BCUT2D eigenvalue weighted by Crippen LogP contribution is -2.72. The van der Waals surface area contributed by atoms with Gasteiger partial charge in [-0.3, -0.25) is 4.79 Å². The van der Waals surface area contributed by atoms with Gasteiger partial charge in [0.2, 0.25) is 11.7 Å². The number of fused-ring (bicyclic) bond motifs is 2. The van der Waals surface area contributed by atoms with Gasteiger partial charge >= 0.3 is 0 Å². The van der Waals surface area contributed by atoms with Gasteiger partial charge in [0.25, 0.3) is 0 Å². The second kappa shape index (κ2) is 4.92. The minimum absolute atomic E-state index is 0.218. The molecule has 1 amide bonds. The quantitative estimate of drug-likeness (QED) is 0.736. The van der Waals surface area contributed by atoms with Crippen molar-refractivity contribution in [2.75, 3.05) is 6.54 Å². The van der Waals surface area contributed by atoms with E-state index < -0.39 is 11.4 Å². The van der Waals surface area contributed by atoms with Gasteiger partial charge in [-0.1, -0.05) is 13.8 Å². The van der Waals surface area contributed by atoms with E-state index in [-0.39, 0.29) is 18.1 Å². The molecule has 5 aliphatic rings. The Bertz CT molecular complexity index is 479. The number of hydrogen-bond donors (Lipinski definition) is 0. The molecule has 1 spiro atoms. The van der Waals surface area contributed by atoms with Crippen molar-refractivity contribution in [2.45, 2.75) is 76.9 Å². The van der Waals surface area contributed by atoms with Crippen molar-refractivity contribution in [1.29, 1.82) is 0 Å². The molecular formula is C17H27NO4. The van der Waals surface area contributed by atoms with Gasteiger partial charge < -0.3 is 9.64 Å². The summed E-state index contributed by atoms with van der Waals surface area (Å²) >= 11 is 0. The molecule has 22 heavy (non-hydrogen) atoms. The Balaban J connectivity index is 1.81. The lowest BCUT2D eigenvalue weighted by Gasteiger charge is -2.60. The van der Waals surface area contributed by atoms with Crippen molar-refractivity contribution in [3.05, 3.63) is 0 Å². The first kappa shape index (κ1) is 14.9. The van der Waals surface area contributed by atoms with Crippen LogP contribution in [0, 0.1) is 17.8 Å². The van der Waals surface area contributed by atoms with E-state index in [1.54, 1.807) is 0 Å². The number of likely N-dealkylation sites (tertiary alicyclic amines) is 1. The third-order valence-electron chi connectivity index (χ3n) is 6.38. The maximum atomic E-state index is 12.7. The second-order valence-corrected chi connectivity index (χ2v) is 7.81. The van der Waals surface area contributed by atoms with Gasteiger partial charge in [0.05, 0.1) is 0 Å². The summed E-state index contributed by atoms with van der Waals surface area (Å²) in [5.41, 5.74) is -0.462. The van der Waals surface area contributed by atoms with Crippen LogP contribution in [0.15, 0.2) is 0 Å². The number of nitrogens with zero attached hydrogens (tertiary/aromatic N) is 1. The standard InChI is InChI=1S/C17H27NO4/c1-4-9-18-14(19)10-12-6-5-11(2)13-7-8-16(3)20-15(18)17(12,13)22-21-16/h11-13,15H,4-10H2,1-3H3/t11-,12+,13+,15-,16-,17+/m1/s1. The van der Waals surface area contributed by atoms with Gasteiger partial charge in [-0.15, -0.1) is 0 Å². The lowest BCUT2D eigenvalue weighted by atomic mass is 9.59. The average molecular weight is 309 g/mol. The summed E-state index contributed by atoms with van der Waals surface area (Å²) in [6.45, 7) is 7.10. The highest BCUT2D eigenvalue weighted by Crippen LogP contribution is 2.59. The summed E-state index contributed by atoms with van der Waals surface area (Å²) in [7, 11) is 0. The van der Waals surface area contributed by atoms with Gasteiger partial charge in [0.1, 0.15) is 0 Å². The van der Waals surface area contributed by atoms with Crippen LogP contribution < -0.4 is 0 Å². The topological polar surface area (TPSA) is 48.0 Å². The largest absolute Gasteiger partial charge is 0.321 e. The van der Waals surface area contributed by atoms with Crippen LogP contribution >= 0.6 is 0 Å². The summed E-state index contributed by atoms with van der Waals surface area (Å²) in [5, 5.41) is 0. The Morgan fingerprint density at radius 1 is 1.27 bits per heavy atom. The third kappa shape index (κ3) is 1.85. The Morgan fingerprint density at radius 3 is 2.86 bits per heavy atom. The van der Waals surface area contributed by atoms with Crippen LogP contribution in [-0.4, -0.2) is 35.0 Å². The van der Waals surface area contributed by atoms with Gasteiger partial charge in [-0.2, -0.15) is 0 Å². The molecule has 0 aromatic rings. The van der Waals surface area contributed by atoms with Crippen molar-refractivity contribution < 1.29 is 19.3 Å². The number of hydrogen-bond acceptors (Lipinski definition) is 4. The van der Waals surface area contributed by atoms with E-state index in [0.29, 0.717) is 18.3 Å². The molecule has 6 atom stereocenters. The van der Waals surface area contributed by atoms with Crippen molar-refractivity contribution >= 4 is 5.91 Å². The summed E-state index contributed by atoms with van der Waals surface area (Å²) in [6, 6.07) is 0. The minimum Gasteiger partial charge on any atom is -0.321 e. The highest BCUT2D eigenvalue weighted by Gasteiger charge is 2.68.